The van der Waals surface area contributed by atoms with Crippen LogP contribution in [0.3, 0.4) is 0 Å². The summed E-state index contributed by atoms with van der Waals surface area (Å²) in [6.45, 7) is 2.11. The summed E-state index contributed by atoms with van der Waals surface area (Å²) in [5.74, 6) is -0.776. The van der Waals surface area contributed by atoms with Crippen molar-refractivity contribution in [3.63, 3.8) is 0 Å². The average Bonchev–Trinajstić information content (AvgIpc) is 3.40. The summed E-state index contributed by atoms with van der Waals surface area (Å²) in [6, 6.07) is 13.4. The van der Waals surface area contributed by atoms with Gasteiger partial charge in [-0.05, 0) is 30.2 Å². The first-order valence-corrected chi connectivity index (χ1v) is 15.2. The van der Waals surface area contributed by atoms with E-state index in [1.807, 2.05) is 4.90 Å². The number of hydrogen-bond donors (Lipinski definition) is 2. The first kappa shape index (κ1) is 31.5. The minimum absolute atomic E-state index is 0.0594. The minimum Gasteiger partial charge on any atom is -0.496 e. The lowest BCUT2D eigenvalue weighted by Gasteiger charge is -2.46. The highest BCUT2D eigenvalue weighted by atomic mass is 35.5. The molecule has 0 unspecified atom stereocenters. The molecule has 2 amide bonds. The highest BCUT2D eigenvalue weighted by Gasteiger charge is 2.51. The van der Waals surface area contributed by atoms with Gasteiger partial charge < -0.3 is 19.9 Å². The number of carbonyl (C=O) groups is 2. The van der Waals surface area contributed by atoms with Crippen LogP contribution in [0.15, 0.2) is 64.3 Å². The highest BCUT2D eigenvalue weighted by Crippen LogP contribution is 2.43. The maximum Gasteiger partial charge on any atom is 0.330 e. The predicted octanol–water partition coefficient (Wildman–Crippen LogP) is 4.45. The number of methoxy groups -OCH3 is 1. The van der Waals surface area contributed by atoms with E-state index in [-0.39, 0.29) is 27.6 Å². The Balaban J connectivity index is 1.28. The van der Waals surface area contributed by atoms with Gasteiger partial charge >= 0.3 is 5.69 Å². The van der Waals surface area contributed by atoms with E-state index < -0.39 is 23.0 Å². The van der Waals surface area contributed by atoms with E-state index in [9.17, 15) is 19.2 Å². The van der Waals surface area contributed by atoms with Crippen LogP contribution in [-0.2, 0) is 25.4 Å². The molecule has 3 aromatic carbocycles. The second-order valence-corrected chi connectivity index (χ2v) is 12.4. The molecule has 4 aromatic rings. The number of likely N-dealkylation sites (tertiary alicyclic amines) is 1. The summed E-state index contributed by atoms with van der Waals surface area (Å²) in [5, 5.41) is 6.00. The minimum atomic E-state index is -0.743. The molecule has 2 aliphatic rings. The van der Waals surface area contributed by atoms with E-state index in [0.29, 0.717) is 64.8 Å². The Hall–Kier alpha value is -4.45. The van der Waals surface area contributed by atoms with Crippen molar-refractivity contribution in [1.82, 2.24) is 19.4 Å². The summed E-state index contributed by atoms with van der Waals surface area (Å²) in [7, 11) is 4.21. The first-order valence-electron chi connectivity index (χ1n) is 14.5. The van der Waals surface area contributed by atoms with Crippen molar-refractivity contribution in [2.75, 3.05) is 32.1 Å². The standard InChI is InChI=1S/C33H30Cl2FN5O5/c1-39-14-23(30(43)40(2)32(39)45)29(42)38-25-9-5-8-21(28(25)35)20-7-4-6-19(27(20)34)18-12-24(36)22(26(13-18)46-3)15-41-16-33(17-41)10-11-37-31(33)44/h4-9,12-14H,10-11,15-17H2,1-3H3,(H,37,44)(H,38,42). The van der Waals surface area contributed by atoms with Crippen molar-refractivity contribution in [2.24, 2.45) is 19.5 Å². The summed E-state index contributed by atoms with van der Waals surface area (Å²) >= 11 is 13.7. The molecule has 1 aromatic heterocycles. The molecular weight excluding hydrogens is 636 g/mol. The lowest BCUT2D eigenvalue weighted by molar-refractivity contribution is -0.137. The number of anilines is 1. The van der Waals surface area contributed by atoms with Crippen LogP contribution >= 0.6 is 23.2 Å². The number of ether oxygens (including phenoxy) is 1. The summed E-state index contributed by atoms with van der Waals surface area (Å²) in [4.78, 5) is 51.9. The van der Waals surface area contributed by atoms with Crippen molar-refractivity contribution in [3.05, 3.63) is 103 Å². The van der Waals surface area contributed by atoms with E-state index in [1.165, 1.54) is 33.5 Å². The number of amides is 2. The second kappa shape index (κ2) is 12.1. The number of hydrogen-bond acceptors (Lipinski definition) is 6. The number of benzene rings is 3. The fourth-order valence-corrected chi connectivity index (χ4v) is 6.83. The van der Waals surface area contributed by atoms with Gasteiger partial charge in [0.2, 0.25) is 5.91 Å². The van der Waals surface area contributed by atoms with Crippen LogP contribution in [0.2, 0.25) is 10.0 Å². The van der Waals surface area contributed by atoms with Crippen LogP contribution in [-0.4, -0.2) is 52.6 Å². The van der Waals surface area contributed by atoms with Gasteiger partial charge in [0.05, 0.1) is 28.3 Å². The number of nitrogens with zero attached hydrogens (tertiary/aromatic N) is 3. The third kappa shape index (κ3) is 5.38. The summed E-state index contributed by atoms with van der Waals surface area (Å²) in [6.07, 6.45) is 1.95. The number of nitrogens with one attached hydrogen (secondary N) is 2. The topological polar surface area (TPSA) is 115 Å². The third-order valence-corrected chi connectivity index (χ3v) is 9.53. The Bertz CT molecular complexity index is 2040. The van der Waals surface area contributed by atoms with Gasteiger partial charge in [-0.3, -0.25) is 23.9 Å². The van der Waals surface area contributed by atoms with Gasteiger partial charge in [0, 0.05) is 68.7 Å². The van der Waals surface area contributed by atoms with Crippen LogP contribution in [0.4, 0.5) is 10.1 Å². The van der Waals surface area contributed by atoms with Gasteiger partial charge in [-0.15, -0.1) is 0 Å². The molecule has 0 atom stereocenters. The molecular formula is C33H30Cl2FN5O5. The molecule has 1 spiro atoms. The summed E-state index contributed by atoms with van der Waals surface area (Å²) in [5.41, 5.74) is 0.751. The van der Waals surface area contributed by atoms with Crippen LogP contribution in [0.5, 0.6) is 5.75 Å². The average molecular weight is 667 g/mol. The normalized spacial score (nSPS) is 15.5. The van der Waals surface area contributed by atoms with Gasteiger partial charge in [0.1, 0.15) is 17.1 Å². The molecule has 0 radical (unpaired) electrons. The predicted molar refractivity (Wildman–Crippen MR) is 174 cm³/mol. The molecule has 238 valence electrons. The Morgan fingerprint density at radius 1 is 1.02 bits per heavy atom. The molecule has 0 aliphatic carbocycles. The quantitative estimate of drug-likeness (QED) is 0.302. The number of rotatable bonds is 7. The molecule has 0 saturated carbocycles. The lowest BCUT2D eigenvalue weighted by atomic mass is 9.78. The SMILES string of the molecule is COc1cc(-c2cccc(-c3cccc(NC(=O)c4cn(C)c(=O)n(C)c4=O)c3Cl)c2Cl)cc(F)c1CN1CC2(CCNC2=O)C1. The molecule has 6 rings (SSSR count). The zero-order valence-corrected chi connectivity index (χ0v) is 26.8. The molecule has 0 bridgehead atoms. The number of aryl methyl sites for hydroxylation is 1. The highest BCUT2D eigenvalue weighted by molar-refractivity contribution is 6.39. The van der Waals surface area contributed by atoms with Crippen molar-refractivity contribution in [2.45, 2.75) is 13.0 Å². The Kier molecular flexibility index (Phi) is 8.26. The molecule has 2 saturated heterocycles. The molecule has 10 nitrogen and oxygen atoms in total. The maximum atomic E-state index is 15.7. The third-order valence-electron chi connectivity index (χ3n) is 8.72. The van der Waals surface area contributed by atoms with Crippen LogP contribution in [0.25, 0.3) is 22.3 Å². The number of aromatic nitrogens is 2. The number of carbonyl (C=O) groups excluding carboxylic acids is 2. The fraction of sp³-hybridized carbons (Fsp3) is 0.273. The number of halogens is 3. The monoisotopic (exact) mass is 665 g/mol. The lowest BCUT2D eigenvalue weighted by Crippen LogP contribution is -2.59. The smallest absolute Gasteiger partial charge is 0.330 e. The van der Waals surface area contributed by atoms with Gasteiger partial charge in [0.25, 0.3) is 11.5 Å². The molecule has 2 aliphatic heterocycles. The zero-order chi connectivity index (χ0) is 32.9. The van der Waals surface area contributed by atoms with Gasteiger partial charge in [0.15, 0.2) is 0 Å². The van der Waals surface area contributed by atoms with Gasteiger partial charge in [-0.2, -0.15) is 0 Å². The van der Waals surface area contributed by atoms with Gasteiger partial charge in [-0.25, -0.2) is 9.18 Å². The van der Waals surface area contributed by atoms with E-state index in [0.717, 1.165) is 15.6 Å². The van der Waals surface area contributed by atoms with Crippen molar-refractivity contribution >= 4 is 40.7 Å². The van der Waals surface area contributed by atoms with E-state index in [2.05, 4.69) is 10.6 Å². The molecule has 2 N–H and O–H groups in total. The zero-order valence-electron chi connectivity index (χ0n) is 25.2. The fourth-order valence-electron chi connectivity index (χ4n) is 6.22. The Morgan fingerprint density at radius 3 is 2.37 bits per heavy atom. The molecule has 46 heavy (non-hydrogen) atoms. The van der Waals surface area contributed by atoms with Crippen molar-refractivity contribution < 1.29 is 18.7 Å². The molecule has 3 heterocycles. The largest absolute Gasteiger partial charge is 0.496 e. The molecule has 13 heteroatoms. The van der Waals surface area contributed by atoms with E-state index in [1.54, 1.807) is 42.5 Å². The van der Waals surface area contributed by atoms with Crippen molar-refractivity contribution in [1.29, 1.82) is 0 Å². The van der Waals surface area contributed by atoms with E-state index >= 15 is 4.39 Å². The summed E-state index contributed by atoms with van der Waals surface area (Å²) < 4.78 is 23.2. The van der Waals surface area contributed by atoms with E-state index in [4.69, 9.17) is 27.9 Å². The molecule has 2 fully saturated rings. The van der Waals surface area contributed by atoms with Crippen LogP contribution < -0.4 is 26.6 Å². The van der Waals surface area contributed by atoms with Crippen LogP contribution in [0, 0.1) is 11.2 Å². The first-order chi connectivity index (χ1) is 21.9. The Morgan fingerprint density at radius 2 is 1.70 bits per heavy atom. The van der Waals surface area contributed by atoms with Crippen LogP contribution in [0.1, 0.15) is 22.3 Å². The van der Waals surface area contributed by atoms with Crippen molar-refractivity contribution in [3.8, 4) is 28.0 Å². The van der Waals surface area contributed by atoms with Gasteiger partial charge in [-0.1, -0.05) is 53.5 Å². The Labute approximate surface area is 273 Å². The maximum absolute atomic E-state index is 15.7. The second-order valence-electron chi connectivity index (χ2n) is 11.7.